The van der Waals surface area contributed by atoms with Crippen molar-refractivity contribution in [3.05, 3.63) is 22.9 Å². The minimum Gasteiger partial charge on any atom is -0.312 e. The first kappa shape index (κ1) is 13.4. The maximum atomic E-state index is 12.1. The van der Waals surface area contributed by atoms with E-state index in [-0.39, 0.29) is 5.69 Å². The molecule has 0 radical (unpaired) electrons. The summed E-state index contributed by atoms with van der Waals surface area (Å²) in [5, 5.41) is 3.56. The largest absolute Gasteiger partial charge is 0.328 e. The minimum absolute atomic E-state index is 0.124. The Hall–Kier alpha value is -1.03. The molecular formula is C14H25N3O. The van der Waals surface area contributed by atoms with Crippen LogP contribution in [0.4, 0.5) is 0 Å². The van der Waals surface area contributed by atoms with Crippen molar-refractivity contribution >= 4 is 0 Å². The lowest BCUT2D eigenvalue weighted by Crippen LogP contribution is -2.41. The molecule has 0 bridgehead atoms. The zero-order chi connectivity index (χ0) is 13.0. The molecule has 0 amide bonds. The van der Waals surface area contributed by atoms with E-state index < -0.39 is 0 Å². The molecule has 0 spiro atoms. The lowest BCUT2D eigenvalue weighted by Gasteiger charge is -2.24. The van der Waals surface area contributed by atoms with Crippen molar-refractivity contribution < 1.29 is 0 Å². The molecule has 2 rings (SSSR count). The van der Waals surface area contributed by atoms with Crippen LogP contribution in [0.25, 0.3) is 0 Å². The van der Waals surface area contributed by atoms with E-state index in [2.05, 4.69) is 12.2 Å². The fourth-order valence-corrected chi connectivity index (χ4v) is 3.05. The zero-order valence-electron chi connectivity index (χ0n) is 11.6. The molecule has 1 fully saturated rings. The number of imidazole rings is 1. The van der Waals surface area contributed by atoms with Gasteiger partial charge < -0.3 is 5.32 Å². The highest BCUT2D eigenvalue weighted by Crippen LogP contribution is 2.28. The fourth-order valence-electron chi connectivity index (χ4n) is 3.05. The summed E-state index contributed by atoms with van der Waals surface area (Å²) in [6, 6.07) is 0.447. The summed E-state index contributed by atoms with van der Waals surface area (Å²) in [6.07, 6.45) is 9.11. The van der Waals surface area contributed by atoms with Gasteiger partial charge in [-0.1, -0.05) is 19.8 Å². The second-order valence-electron chi connectivity index (χ2n) is 5.23. The van der Waals surface area contributed by atoms with Gasteiger partial charge in [0.2, 0.25) is 0 Å². The van der Waals surface area contributed by atoms with Crippen LogP contribution in [0, 0.1) is 5.92 Å². The third kappa shape index (κ3) is 2.86. The molecule has 0 aromatic carbocycles. The second kappa shape index (κ2) is 6.23. The number of aryl methyl sites for hydroxylation is 1. The average molecular weight is 251 g/mol. The molecule has 1 aliphatic carbocycles. The van der Waals surface area contributed by atoms with E-state index in [9.17, 15) is 4.79 Å². The second-order valence-corrected chi connectivity index (χ2v) is 5.23. The molecule has 4 nitrogen and oxygen atoms in total. The third-order valence-corrected chi connectivity index (χ3v) is 4.09. The quantitative estimate of drug-likeness (QED) is 0.838. The van der Waals surface area contributed by atoms with E-state index in [0.717, 1.165) is 25.6 Å². The van der Waals surface area contributed by atoms with Gasteiger partial charge in [-0.05, 0) is 32.2 Å². The summed E-state index contributed by atoms with van der Waals surface area (Å²) >= 11 is 0. The maximum Gasteiger partial charge on any atom is 0.328 e. The van der Waals surface area contributed by atoms with Gasteiger partial charge in [-0.2, -0.15) is 0 Å². The molecule has 1 aliphatic rings. The van der Waals surface area contributed by atoms with Gasteiger partial charge in [0, 0.05) is 31.5 Å². The van der Waals surface area contributed by atoms with Crippen LogP contribution in [-0.4, -0.2) is 21.7 Å². The molecular weight excluding hydrogens is 226 g/mol. The van der Waals surface area contributed by atoms with Gasteiger partial charge in [-0.3, -0.25) is 9.13 Å². The van der Waals surface area contributed by atoms with Gasteiger partial charge >= 0.3 is 5.69 Å². The van der Waals surface area contributed by atoms with Crippen molar-refractivity contribution in [1.29, 1.82) is 0 Å². The topological polar surface area (TPSA) is 39.0 Å². The number of likely N-dealkylation sites (N-methyl/N-ethyl adjacent to an activating group) is 1. The minimum atomic E-state index is 0.124. The number of nitrogens with one attached hydrogen (secondary N) is 1. The van der Waals surface area contributed by atoms with Crippen molar-refractivity contribution in [3.63, 3.8) is 0 Å². The Morgan fingerprint density at radius 1 is 1.28 bits per heavy atom. The Labute approximate surface area is 109 Å². The van der Waals surface area contributed by atoms with Crippen LogP contribution in [0.15, 0.2) is 17.2 Å². The summed E-state index contributed by atoms with van der Waals surface area (Å²) in [7, 11) is 0. The van der Waals surface area contributed by atoms with Crippen molar-refractivity contribution in [3.8, 4) is 0 Å². The molecule has 18 heavy (non-hydrogen) atoms. The van der Waals surface area contributed by atoms with Crippen molar-refractivity contribution in [2.45, 2.75) is 58.7 Å². The predicted molar refractivity (Wildman–Crippen MR) is 73.8 cm³/mol. The predicted octanol–water partition coefficient (Wildman–Crippen LogP) is 1.84. The SMILES string of the molecule is CCNC(Cn1ccn(CC)c1=O)C1CCCC1. The summed E-state index contributed by atoms with van der Waals surface area (Å²) in [5.41, 5.74) is 0.124. The molecule has 1 unspecified atom stereocenters. The number of rotatable bonds is 6. The van der Waals surface area contributed by atoms with Gasteiger partial charge in [0.05, 0.1) is 0 Å². The van der Waals surface area contributed by atoms with E-state index in [1.54, 1.807) is 4.57 Å². The summed E-state index contributed by atoms with van der Waals surface area (Å²) in [6.45, 7) is 6.68. The Morgan fingerprint density at radius 3 is 2.50 bits per heavy atom. The van der Waals surface area contributed by atoms with Crippen LogP contribution in [-0.2, 0) is 13.1 Å². The van der Waals surface area contributed by atoms with E-state index in [0.29, 0.717) is 6.04 Å². The highest BCUT2D eigenvalue weighted by Gasteiger charge is 2.25. The molecule has 1 saturated carbocycles. The van der Waals surface area contributed by atoms with Crippen LogP contribution in [0.5, 0.6) is 0 Å². The lowest BCUT2D eigenvalue weighted by molar-refractivity contribution is 0.323. The normalized spacial score (nSPS) is 18.3. The molecule has 1 atom stereocenters. The summed E-state index contributed by atoms with van der Waals surface area (Å²) in [4.78, 5) is 12.1. The number of hydrogen-bond acceptors (Lipinski definition) is 2. The Morgan fingerprint density at radius 2 is 1.94 bits per heavy atom. The van der Waals surface area contributed by atoms with E-state index >= 15 is 0 Å². The third-order valence-electron chi connectivity index (χ3n) is 4.09. The Balaban J connectivity index is 2.07. The lowest BCUT2D eigenvalue weighted by atomic mass is 9.98. The van der Waals surface area contributed by atoms with E-state index in [1.165, 1.54) is 25.7 Å². The average Bonchev–Trinajstić information content (AvgIpc) is 3.00. The van der Waals surface area contributed by atoms with Crippen LogP contribution in [0.2, 0.25) is 0 Å². The van der Waals surface area contributed by atoms with E-state index in [1.807, 2.05) is 23.9 Å². The first-order valence-corrected chi connectivity index (χ1v) is 7.25. The fraction of sp³-hybridized carbons (Fsp3) is 0.786. The highest BCUT2D eigenvalue weighted by atomic mass is 16.1. The van der Waals surface area contributed by atoms with Crippen LogP contribution >= 0.6 is 0 Å². The zero-order valence-corrected chi connectivity index (χ0v) is 11.6. The summed E-state index contributed by atoms with van der Waals surface area (Å²) in [5.74, 6) is 0.738. The van der Waals surface area contributed by atoms with Gasteiger partial charge in [0.1, 0.15) is 0 Å². The van der Waals surface area contributed by atoms with Gasteiger partial charge in [0.25, 0.3) is 0 Å². The number of nitrogens with zero attached hydrogens (tertiary/aromatic N) is 2. The van der Waals surface area contributed by atoms with Gasteiger partial charge in [-0.15, -0.1) is 0 Å². The molecule has 1 N–H and O–H groups in total. The van der Waals surface area contributed by atoms with Crippen LogP contribution in [0.1, 0.15) is 39.5 Å². The highest BCUT2D eigenvalue weighted by molar-refractivity contribution is 4.86. The van der Waals surface area contributed by atoms with E-state index in [4.69, 9.17) is 0 Å². The molecule has 0 saturated heterocycles. The van der Waals surface area contributed by atoms with Gasteiger partial charge in [-0.25, -0.2) is 4.79 Å². The summed E-state index contributed by atoms with van der Waals surface area (Å²) < 4.78 is 3.62. The smallest absolute Gasteiger partial charge is 0.312 e. The molecule has 1 aromatic rings. The molecule has 0 aliphatic heterocycles. The molecule has 102 valence electrons. The van der Waals surface area contributed by atoms with Crippen LogP contribution in [0.3, 0.4) is 0 Å². The molecule has 4 heteroatoms. The van der Waals surface area contributed by atoms with Crippen LogP contribution < -0.4 is 11.0 Å². The Kier molecular flexibility index (Phi) is 4.64. The molecule has 1 aromatic heterocycles. The monoisotopic (exact) mass is 251 g/mol. The van der Waals surface area contributed by atoms with Crippen molar-refractivity contribution in [1.82, 2.24) is 14.5 Å². The number of aromatic nitrogens is 2. The van der Waals surface area contributed by atoms with Crippen molar-refractivity contribution in [2.75, 3.05) is 6.54 Å². The van der Waals surface area contributed by atoms with Gasteiger partial charge in [0.15, 0.2) is 0 Å². The first-order chi connectivity index (χ1) is 8.76. The first-order valence-electron chi connectivity index (χ1n) is 7.25. The molecule has 1 heterocycles. The number of hydrogen-bond donors (Lipinski definition) is 1. The standard InChI is InChI=1S/C14H25N3O/c1-3-15-13(12-7-5-6-8-12)11-17-10-9-16(4-2)14(17)18/h9-10,12-13,15H,3-8,11H2,1-2H3. The maximum absolute atomic E-state index is 12.1. The van der Waals surface area contributed by atoms with Crippen molar-refractivity contribution in [2.24, 2.45) is 5.92 Å². The Bertz CT molecular complexity index is 415.